The van der Waals surface area contributed by atoms with E-state index in [9.17, 15) is 13.2 Å². The Kier molecular flexibility index (Phi) is 5.43. The van der Waals surface area contributed by atoms with E-state index in [0.29, 0.717) is 0 Å². The van der Waals surface area contributed by atoms with Crippen LogP contribution in [0.2, 0.25) is 0 Å². The number of oxime groups is 1. The van der Waals surface area contributed by atoms with E-state index in [1.807, 2.05) is 0 Å². The number of carbonyl (C=O) groups is 1. The maximum absolute atomic E-state index is 11.6. The Hall–Kier alpha value is -1.11. The highest BCUT2D eigenvalue weighted by Gasteiger charge is 2.35. The van der Waals surface area contributed by atoms with Gasteiger partial charge in [-0.3, -0.25) is 4.79 Å². The molecule has 0 aromatic carbocycles. The molecule has 94 valence electrons. The minimum Gasteiger partial charge on any atom is -0.410 e. The summed E-state index contributed by atoms with van der Waals surface area (Å²) < 4.78 is 23.3. The molecule has 7 heteroatoms. The van der Waals surface area contributed by atoms with Gasteiger partial charge in [-0.05, 0) is 5.92 Å². The van der Waals surface area contributed by atoms with Crippen molar-refractivity contribution in [3.8, 4) is 0 Å². The van der Waals surface area contributed by atoms with Crippen LogP contribution in [0.3, 0.4) is 0 Å². The van der Waals surface area contributed by atoms with Crippen molar-refractivity contribution in [1.82, 2.24) is 5.32 Å². The van der Waals surface area contributed by atoms with E-state index in [2.05, 4.69) is 10.5 Å². The Labute approximate surface area is 95.6 Å². The lowest BCUT2D eigenvalue weighted by Crippen LogP contribution is -2.40. The van der Waals surface area contributed by atoms with Crippen LogP contribution in [-0.4, -0.2) is 37.4 Å². The Morgan fingerprint density at radius 3 is 2.19 bits per heavy atom. The van der Waals surface area contributed by atoms with E-state index in [-0.39, 0.29) is 11.7 Å². The summed E-state index contributed by atoms with van der Waals surface area (Å²) >= 11 is 0. The monoisotopic (exact) mass is 250 g/mol. The van der Waals surface area contributed by atoms with Crippen molar-refractivity contribution in [2.24, 2.45) is 17.0 Å². The molecule has 0 heterocycles. The maximum atomic E-state index is 11.6. The third-order valence-corrected chi connectivity index (χ3v) is 3.99. The quantitative estimate of drug-likeness (QED) is 0.323. The second-order valence-corrected chi connectivity index (χ2v) is 5.90. The number of carbonyl (C=O) groups excluding carboxylic acids is 1. The van der Waals surface area contributed by atoms with Crippen LogP contribution < -0.4 is 5.32 Å². The first-order valence-corrected chi connectivity index (χ1v) is 6.63. The van der Waals surface area contributed by atoms with Gasteiger partial charge in [-0.1, -0.05) is 25.9 Å². The molecule has 1 amide bonds. The molecule has 0 aromatic heterocycles. The lowest BCUT2D eigenvalue weighted by molar-refractivity contribution is -0.123. The first-order valence-electron chi connectivity index (χ1n) is 4.98. The smallest absolute Gasteiger partial charge is 0.230 e. The van der Waals surface area contributed by atoms with E-state index in [1.165, 1.54) is 14.0 Å². The van der Waals surface area contributed by atoms with E-state index in [0.717, 1.165) is 0 Å². The molecule has 0 saturated heterocycles. The van der Waals surface area contributed by atoms with Gasteiger partial charge in [0.05, 0.1) is 11.7 Å². The molecule has 0 aliphatic heterocycles. The lowest BCUT2D eigenvalue weighted by atomic mass is 9.96. The highest BCUT2D eigenvalue weighted by molar-refractivity contribution is 8.06. The van der Waals surface area contributed by atoms with Crippen LogP contribution in [-0.2, 0) is 14.6 Å². The van der Waals surface area contributed by atoms with Crippen molar-refractivity contribution in [2.75, 3.05) is 12.8 Å². The number of sulfone groups is 1. The molecule has 6 nitrogen and oxygen atoms in total. The molecule has 0 fully saturated rings. The molecule has 0 bridgehead atoms. The summed E-state index contributed by atoms with van der Waals surface area (Å²) in [6.07, 6.45) is 0. The Morgan fingerprint density at radius 2 is 1.94 bits per heavy atom. The average molecular weight is 250 g/mol. The Morgan fingerprint density at radius 1 is 1.44 bits per heavy atom. The molecule has 2 N–H and O–H groups in total. The van der Waals surface area contributed by atoms with Gasteiger partial charge in [-0.2, -0.15) is 0 Å². The van der Waals surface area contributed by atoms with E-state index in [1.54, 1.807) is 13.8 Å². The van der Waals surface area contributed by atoms with E-state index >= 15 is 0 Å². The molecule has 0 aliphatic carbocycles. The molecular weight excluding hydrogens is 232 g/mol. The fourth-order valence-corrected chi connectivity index (χ4v) is 2.51. The third kappa shape index (κ3) is 3.19. The van der Waals surface area contributed by atoms with Crippen molar-refractivity contribution in [3.05, 3.63) is 0 Å². The van der Waals surface area contributed by atoms with Crippen LogP contribution in [0.1, 0.15) is 20.8 Å². The summed E-state index contributed by atoms with van der Waals surface area (Å²) in [5.74, 6) is -1.90. The summed E-state index contributed by atoms with van der Waals surface area (Å²) in [4.78, 5) is 11.5. The van der Waals surface area contributed by atoms with Gasteiger partial charge in [0.25, 0.3) is 0 Å². The van der Waals surface area contributed by atoms with Gasteiger partial charge in [0.2, 0.25) is 5.91 Å². The van der Waals surface area contributed by atoms with Gasteiger partial charge < -0.3 is 10.5 Å². The SMILES string of the molecule is CCS(=O)(=O)C(=NO)C(C(=O)NC)C(C)C. The Balaban J connectivity index is 5.45. The second-order valence-electron chi connectivity index (χ2n) is 3.68. The van der Waals surface area contributed by atoms with Gasteiger partial charge in [0.1, 0.15) is 0 Å². The van der Waals surface area contributed by atoms with Crippen molar-refractivity contribution < 1.29 is 18.4 Å². The summed E-state index contributed by atoms with van der Waals surface area (Å²) in [5.41, 5.74) is 0. The van der Waals surface area contributed by atoms with Crippen LogP contribution in [0, 0.1) is 11.8 Å². The zero-order valence-electron chi connectivity index (χ0n) is 9.89. The number of amides is 1. The predicted octanol–water partition coefficient (Wildman–Crippen LogP) is 0.227. The molecular formula is C9H18N2O4S. The number of nitrogens with zero attached hydrogens (tertiary/aromatic N) is 1. The number of nitrogens with one attached hydrogen (secondary N) is 1. The highest BCUT2D eigenvalue weighted by Crippen LogP contribution is 2.17. The minimum atomic E-state index is -3.67. The fourth-order valence-electron chi connectivity index (χ4n) is 1.32. The van der Waals surface area contributed by atoms with E-state index < -0.39 is 26.7 Å². The molecule has 0 spiro atoms. The first-order chi connectivity index (χ1) is 7.31. The minimum absolute atomic E-state index is 0.202. The normalized spacial score (nSPS) is 14.9. The summed E-state index contributed by atoms with van der Waals surface area (Å²) in [6, 6.07) is 0. The first kappa shape index (κ1) is 14.9. The van der Waals surface area contributed by atoms with E-state index in [4.69, 9.17) is 5.21 Å². The lowest BCUT2D eigenvalue weighted by Gasteiger charge is -2.19. The molecule has 0 aliphatic rings. The van der Waals surface area contributed by atoms with Crippen molar-refractivity contribution in [2.45, 2.75) is 20.8 Å². The average Bonchev–Trinajstić information content (AvgIpc) is 2.23. The second kappa shape index (κ2) is 5.83. The third-order valence-electron chi connectivity index (χ3n) is 2.26. The van der Waals surface area contributed by atoms with Crippen molar-refractivity contribution in [3.63, 3.8) is 0 Å². The predicted molar refractivity (Wildman–Crippen MR) is 61.1 cm³/mol. The largest absolute Gasteiger partial charge is 0.410 e. The van der Waals surface area contributed by atoms with Gasteiger partial charge in [0, 0.05) is 7.05 Å². The van der Waals surface area contributed by atoms with Crippen LogP contribution in [0.5, 0.6) is 0 Å². The van der Waals surface area contributed by atoms with Gasteiger partial charge in [-0.15, -0.1) is 0 Å². The van der Waals surface area contributed by atoms with Crippen LogP contribution in [0.15, 0.2) is 5.16 Å². The summed E-state index contributed by atoms with van der Waals surface area (Å²) in [7, 11) is -2.26. The molecule has 0 radical (unpaired) electrons. The van der Waals surface area contributed by atoms with Gasteiger partial charge in [-0.25, -0.2) is 8.42 Å². The van der Waals surface area contributed by atoms with Gasteiger partial charge >= 0.3 is 0 Å². The van der Waals surface area contributed by atoms with Gasteiger partial charge in [0.15, 0.2) is 14.9 Å². The van der Waals surface area contributed by atoms with Crippen LogP contribution in [0.4, 0.5) is 0 Å². The molecule has 0 saturated carbocycles. The highest BCUT2D eigenvalue weighted by atomic mass is 32.2. The summed E-state index contributed by atoms with van der Waals surface area (Å²) in [5, 5.41) is 13.5. The Bertz CT molecular complexity index is 373. The fraction of sp³-hybridized carbons (Fsp3) is 0.778. The van der Waals surface area contributed by atoms with Crippen LogP contribution >= 0.6 is 0 Å². The zero-order chi connectivity index (χ0) is 12.9. The standard InChI is InChI=1S/C9H18N2O4S/c1-5-16(14,15)9(11-13)7(6(2)3)8(12)10-4/h6-7,13H,5H2,1-4H3,(H,10,12). The summed E-state index contributed by atoms with van der Waals surface area (Å²) in [6.45, 7) is 4.81. The molecule has 1 atom stereocenters. The number of hydrogen-bond donors (Lipinski definition) is 2. The number of hydrogen-bond acceptors (Lipinski definition) is 5. The molecule has 0 rings (SSSR count). The molecule has 16 heavy (non-hydrogen) atoms. The molecule has 1 unspecified atom stereocenters. The molecule has 0 aromatic rings. The topological polar surface area (TPSA) is 95.8 Å². The van der Waals surface area contributed by atoms with Crippen LogP contribution in [0.25, 0.3) is 0 Å². The van der Waals surface area contributed by atoms with Crippen molar-refractivity contribution in [1.29, 1.82) is 0 Å². The maximum Gasteiger partial charge on any atom is 0.230 e. The zero-order valence-corrected chi connectivity index (χ0v) is 10.7. The number of rotatable bonds is 4. The van der Waals surface area contributed by atoms with Crippen molar-refractivity contribution >= 4 is 20.8 Å².